The second kappa shape index (κ2) is 21.3. The van der Waals surface area contributed by atoms with E-state index in [1.165, 1.54) is 18.9 Å². The summed E-state index contributed by atoms with van der Waals surface area (Å²) in [6.45, 7) is 2.16. The normalized spacial score (nSPS) is 17.4. The van der Waals surface area contributed by atoms with E-state index < -0.39 is 36.2 Å². The highest BCUT2D eigenvalue weighted by Crippen LogP contribution is 2.41. The molecule has 0 bridgehead atoms. The van der Waals surface area contributed by atoms with Gasteiger partial charge in [0, 0.05) is 30.1 Å². The molecule has 4 atom stereocenters. The molecule has 10 heteroatoms. The van der Waals surface area contributed by atoms with Gasteiger partial charge in [-0.05, 0) is 36.1 Å². The predicted molar refractivity (Wildman–Crippen MR) is 183 cm³/mol. The highest BCUT2D eigenvalue weighted by molar-refractivity contribution is 8.03. The monoisotopic (exact) mass is 667 g/mol. The van der Waals surface area contributed by atoms with Crippen LogP contribution >= 0.6 is 11.8 Å². The first-order chi connectivity index (χ1) is 22.8. The van der Waals surface area contributed by atoms with Gasteiger partial charge in [-0.25, -0.2) is 9.59 Å². The van der Waals surface area contributed by atoms with Gasteiger partial charge >= 0.3 is 18.0 Å². The minimum Gasteiger partial charge on any atom is -0.469 e. The number of esters is 2. The van der Waals surface area contributed by atoms with Crippen LogP contribution in [0.5, 0.6) is 0 Å². The largest absolute Gasteiger partial charge is 0.469 e. The molecule has 0 aliphatic heterocycles. The molecule has 9 nitrogen and oxygen atoms in total. The number of thioether (sulfide) groups is 1. The second-order valence-electron chi connectivity index (χ2n) is 11.6. The first kappa shape index (κ1) is 37.9. The molecule has 3 N–H and O–H groups in total. The quantitative estimate of drug-likeness (QED) is 0.0617. The lowest BCUT2D eigenvalue weighted by atomic mass is 10.0. The number of benzene rings is 2. The van der Waals surface area contributed by atoms with E-state index >= 15 is 0 Å². The van der Waals surface area contributed by atoms with Gasteiger partial charge in [0.2, 0.25) is 0 Å². The van der Waals surface area contributed by atoms with E-state index in [0.717, 1.165) is 48.1 Å². The van der Waals surface area contributed by atoms with Crippen LogP contribution in [0.25, 0.3) is 0 Å². The van der Waals surface area contributed by atoms with E-state index in [1.807, 2.05) is 66.7 Å². The lowest BCUT2D eigenvalue weighted by Crippen LogP contribution is -2.43. The molecule has 1 amide bonds. The predicted octanol–water partition coefficient (Wildman–Crippen LogP) is 6.62. The van der Waals surface area contributed by atoms with Crippen molar-refractivity contribution in [2.75, 3.05) is 12.9 Å². The zero-order valence-electron chi connectivity index (χ0n) is 27.5. The van der Waals surface area contributed by atoms with Gasteiger partial charge in [-0.15, -0.1) is 11.8 Å². The maximum absolute atomic E-state index is 13.7. The van der Waals surface area contributed by atoms with E-state index in [9.17, 15) is 24.6 Å². The Labute approximate surface area is 282 Å². The van der Waals surface area contributed by atoms with E-state index in [4.69, 9.17) is 14.2 Å². The fraction of sp³-hybridized carbons (Fsp3) is 0.486. The zero-order chi connectivity index (χ0) is 33.9. The molecule has 47 heavy (non-hydrogen) atoms. The molecular weight excluding hydrogens is 618 g/mol. The number of aliphatic hydroxyl groups excluding tert-OH is 2. The van der Waals surface area contributed by atoms with Crippen LogP contribution in [0.3, 0.4) is 0 Å². The number of ether oxygens (including phenoxy) is 3. The van der Waals surface area contributed by atoms with Gasteiger partial charge in [0.05, 0.1) is 19.3 Å². The molecule has 1 aliphatic rings. The fourth-order valence-corrected chi connectivity index (χ4v) is 6.47. The summed E-state index contributed by atoms with van der Waals surface area (Å²) < 4.78 is 16.1. The lowest BCUT2D eigenvalue weighted by molar-refractivity contribution is -0.142. The summed E-state index contributed by atoms with van der Waals surface area (Å²) in [5.41, 5.74) is 1.65. The Morgan fingerprint density at radius 1 is 0.979 bits per heavy atom. The van der Waals surface area contributed by atoms with Crippen LogP contribution in [0.2, 0.25) is 0 Å². The molecule has 1 aliphatic carbocycles. The van der Waals surface area contributed by atoms with Crippen LogP contribution in [0.1, 0.15) is 75.8 Å². The Hall–Kier alpha value is -3.60. The van der Waals surface area contributed by atoms with Crippen molar-refractivity contribution in [2.45, 2.75) is 96.0 Å². The number of hydrogen-bond donors (Lipinski definition) is 3. The molecule has 2 aromatic rings. The second-order valence-corrected chi connectivity index (χ2v) is 12.8. The van der Waals surface area contributed by atoms with Crippen molar-refractivity contribution < 1.29 is 38.8 Å². The lowest BCUT2D eigenvalue weighted by Gasteiger charge is -2.19. The van der Waals surface area contributed by atoms with Crippen molar-refractivity contribution in [1.82, 2.24) is 5.32 Å². The van der Waals surface area contributed by atoms with Crippen LogP contribution in [0.15, 0.2) is 83.5 Å². The smallest absolute Gasteiger partial charge is 0.408 e. The summed E-state index contributed by atoms with van der Waals surface area (Å²) in [5.74, 6) is -0.304. The molecule has 0 spiro atoms. The van der Waals surface area contributed by atoms with Gasteiger partial charge in [-0.3, -0.25) is 4.79 Å². The number of methoxy groups -OCH3 is 1. The van der Waals surface area contributed by atoms with E-state index in [0.29, 0.717) is 30.8 Å². The van der Waals surface area contributed by atoms with Gasteiger partial charge in [0.25, 0.3) is 0 Å². The molecule has 2 aromatic carbocycles. The Morgan fingerprint density at radius 2 is 1.68 bits per heavy atom. The van der Waals surface area contributed by atoms with Crippen molar-refractivity contribution >= 4 is 29.8 Å². The van der Waals surface area contributed by atoms with E-state index in [2.05, 4.69) is 12.2 Å². The summed E-state index contributed by atoms with van der Waals surface area (Å²) in [7, 11) is 1.38. The van der Waals surface area contributed by atoms with Crippen LogP contribution in [0, 0.1) is 5.92 Å². The van der Waals surface area contributed by atoms with Gasteiger partial charge in [-0.1, -0.05) is 105 Å². The third-order valence-corrected chi connectivity index (χ3v) is 9.14. The number of nitrogens with one attached hydrogen (secondary N) is 1. The number of unbranched alkanes of at least 4 members (excludes halogenated alkanes) is 4. The Balaban J connectivity index is 1.75. The topological polar surface area (TPSA) is 131 Å². The highest BCUT2D eigenvalue weighted by atomic mass is 32.2. The molecule has 0 aromatic heterocycles. The van der Waals surface area contributed by atoms with Crippen molar-refractivity contribution in [2.24, 2.45) is 5.92 Å². The minimum atomic E-state index is -1.04. The Morgan fingerprint density at radius 3 is 2.36 bits per heavy atom. The molecule has 0 unspecified atom stereocenters. The summed E-state index contributed by atoms with van der Waals surface area (Å²) in [6, 6.07) is 17.5. The average Bonchev–Trinajstić information content (AvgIpc) is 3.37. The first-order valence-corrected chi connectivity index (χ1v) is 17.5. The maximum Gasteiger partial charge on any atom is 0.408 e. The van der Waals surface area contributed by atoms with Gasteiger partial charge in [0.15, 0.2) is 0 Å². The number of alkyl carbamates (subject to hydrolysis) is 1. The summed E-state index contributed by atoms with van der Waals surface area (Å²) in [4.78, 5) is 38.7. The minimum absolute atomic E-state index is 0.0514. The van der Waals surface area contributed by atoms with Crippen molar-refractivity contribution in [3.63, 3.8) is 0 Å². The van der Waals surface area contributed by atoms with Crippen LogP contribution in [-0.2, 0) is 36.8 Å². The van der Waals surface area contributed by atoms with Crippen molar-refractivity contribution in [3.05, 3.63) is 94.6 Å². The molecule has 0 fully saturated rings. The molecule has 0 saturated carbocycles. The number of rotatable bonds is 20. The Kier molecular flexibility index (Phi) is 17.2. The van der Waals surface area contributed by atoms with Crippen molar-refractivity contribution in [3.8, 4) is 0 Å². The fourth-order valence-electron chi connectivity index (χ4n) is 5.19. The Bertz CT molecular complexity index is 1300. The average molecular weight is 668 g/mol. The SMILES string of the molecule is CCCCC[C@H](O)/C=C/[C@@H]1C(SCCCCCC(=O)OC)=C(OC(=O)[C@H](Cc2ccccc2)NC(=O)OCc2ccccc2)C[C@H]1O. The van der Waals surface area contributed by atoms with E-state index in [1.54, 1.807) is 6.08 Å². The van der Waals surface area contributed by atoms with Crippen LogP contribution < -0.4 is 5.32 Å². The van der Waals surface area contributed by atoms with Gasteiger partial charge in [-0.2, -0.15) is 0 Å². The highest BCUT2D eigenvalue weighted by Gasteiger charge is 2.36. The third kappa shape index (κ3) is 14.0. The number of aliphatic hydroxyl groups is 2. The number of carbonyl (C=O) groups excluding carboxylic acids is 3. The molecule has 0 heterocycles. The molecular formula is C37H49NO8S. The molecule has 256 valence electrons. The summed E-state index contributed by atoms with van der Waals surface area (Å²) in [5, 5.41) is 24.3. The molecule has 0 radical (unpaired) electrons. The number of carbonyl (C=O) groups is 3. The molecule has 3 rings (SSSR count). The zero-order valence-corrected chi connectivity index (χ0v) is 28.3. The summed E-state index contributed by atoms with van der Waals surface area (Å²) >= 11 is 1.50. The van der Waals surface area contributed by atoms with E-state index in [-0.39, 0.29) is 25.4 Å². The first-order valence-electron chi connectivity index (χ1n) is 16.5. The van der Waals surface area contributed by atoms with Crippen LogP contribution in [0.4, 0.5) is 4.79 Å². The van der Waals surface area contributed by atoms with Gasteiger partial charge in [0.1, 0.15) is 18.4 Å². The number of hydrogen-bond acceptors (Lipinski definition) is 9. The summed E-state index contributed by atoms with van der Waals surface area (Å²) in [6.07, 6.45) is 7.94. The van der Waals surface area contributed by atoms with Gasteiger partial charge < -0.3 is 29.7 Å². The van der Waals surface area contributed by atoms with Crippen molar-refractivity contribution in [1.29, 1.82) is 0 Å². The maximum atomic E-state index is 13.7. The third-order valence-electron chi connectivity index (χ3n) is 7.84. The standard InChI is InChI=1S/C37H49NO8S/c1-3-4-8-19-29(39)21-22-30-32(40)25-33(35(30)47-23-14-7-13-20-34(41)44-2)46-36(42)31(24-27-15-9-5-10-16-27)38-37(43)45-26-28-17-11-6-12-18-28/h5-6,9-12,15-18,21-22,29-32,39-40H,3-4,7-8,13-14,19-20,23-26H2,1-2H3,(H,38,43)/b22-21+/t29-,30-,31-,32+/m0/s1. The van der Waals surface area contributed by atoms with Crippen LogP contribution in [-0.4, -0.2) is 59.4 Å². The number of amides is 1. The molecule has 0 saturated heterocycles.